The van der Waals surface area contributed by atoms with Crippen molar-refractivity contribution < 1.29 is 23.0 Å². The fourth-order valence-corrected chi connectivity index (χ4v) is 5.88. The third-order valence-electron chi connectivity index (χ3n) is 7.23. The minimum atomic E-state index is -4.57. The van der Waals surface area contributed by atoms with Gasteiger partial charge in [0.1, 0.15) is 17.5 Å². The number of ether oxygens (including phenoxy) is 1. The first-order valence-electron chi connectivity index (χ1n) is 12.1. The van der Waals surface area contributed by atoms with Gasteiger partial charge < -0.3 is 15.2 Å². The van der Waals surface area contributed by atoms with E-state index in [1.54, 1.807) is 17.2 Å². The molecule has 0 aromatic carbocycles. The van der Waals surface area contributed by atoms with Crippen molar-refractivity contribution in [3.63, 3.8) is 0 Å². The van der Waals surface area contributed by atoms with E-state index < -0.39 is 41.0 Å². The van der Waals surface area contributed by atoms with E-state index in [1.165, 1.54) is 5.57 Å². The normalized spacial score (nSPS) is 29.1. The molecule has 4 atom stereocenters. The van der Waals surface area contributed by atoms with Crippen molar-refractivity contribution in [1.29, 1.82) is 5.26 Å². The lowest BCUT2D eigenvalue weighted by atomic mass is 10.0. The van der Waals surface area contributed by atoms with Crippen molar-refractivity contribution in [1.82, 2.24) is 20.1 Å². The Balaban J connectivity index is 1.34. The zero-order chi connectivity index (χ0) is 26.1. The number of hydrogen-bond donors (Lipinski definition) is 3. The number of aliphatic hydroxyl groups is 1. The summed E-state index contributed by atoms with van der Waals surface area (Å²) in [6.45, 7) is 6.39. The summed E-state index contributed by atoms with van der Waals surface area (Å²) in [4.78, 5) is 8.02. The fourth-order valence-electron chi connectivity index (χ4n) is 5.17. The number of nitrogens with zero attached hydrogens (tertiary/aromatic N) is 4. The summed E-state index contributed by atoms with van der Waals surface area (Å²) in [5, 5.41) is 23.5. The van der Waals surface area contributed by atoms with E-state index in [0.717, 1.165) is 31.3 Å². The number of thiol groups is 1. The molecule has 11 heteroatoms. The molecule has 4 unspecified atom stereocenters. The number of aromatic nitrogens is 1. The van der Waals surface area contributed by atoms with Gasteiger partial charge in [0.2, 0.25) is 0 Å². The van der Waals surface area contributed by atoms with Gasteiger partial charge in [-0.3, -0.25) is 9.88 Å². The molecule has 196 valence electrons. The first-order valence-corrected chi connectivity index (χ1v) is 12.6. The number of rotatable bonds is 7. The van der Waals surface area contributed by atoms with Crippen LogP contribution in [0.15, 0.2) is 36.1 Å². The highest BCUT2D eigenvalue weighted by Gasteiger charge is 2.54. The molecule has 4 rings (SSSR count). The fraction of sp³-hybridized carbons (Fsp3) is 0.600. The average molecular weight is 524 g/mol. The summed E-state index contributed by atoms with van der Waals surface area (Å²) in [7, 11) is 0. The van der Waals surface area contributed by atoms with Crippen LogP contribution in [0.1, 0.15) is 38.8 Å². The number of alkyl halides is 3. The van der Waals surface area contributed by atoms with Crippen LogP contribution < -0.4 is 10.1 Å². The van der Waals surface area contributed by atoms with E-state index in [0.29, 0.717) is 25.3 Å². The summed E-state index contributed by atoms with van der Waals surface area (Å²) in [6, 6.07) is 4.87. The molecule has 36 heavy (non-hydrogen) atoms. The van der Waals surface area contributed by atoms with Crippen LogP contribution in [0.25, 0.3) is 5.57 Å². The highest BCUT2D eigenvalue weighted by Crippen LogP contribution is 2.45. The standard InChI is InChI=1S/C25H32F3N5O2S/c1-24(2)22(34)33(18-12-17(14-29)20(13-18)25(26,27)28)23(36)32(24)10-3-11-35-19-4-5-21(31-15-19)16-6-8-30-9-7-16/h4-6,13,15,17-18,22-23,30,34,36H,3,7-12H2,1-2H3. The van der Waals surface area contributed by atoms with Crippen LogP contribution in [-0.2, 0) is 0 Å². The predicted octanol–water partition coefficient (Wildman–Crippen LogP) is 3.56. The van der Waals surface area contributed by atoms with Crippen LogP contribution in [0.5, 0.6) is 5.75 Å². The summed E-state index contributed by atoms with van der Waals surface area (Å²) >= 11 is 4.66. The minimum Gasteiger partial charge on any atom is -0.492 e. The Morgan fingerprint density at radius 1 is 1.36 bits per heavy atom. The van der Waals surface area contributed by atoms with Crippen LogP contribution in [0.4, 0.5) is 13.2 Å². The van der Waals surface area contributed by atoms with Crippen molar-refractivity contribution in [2.75, 3.05) is 26.2 Å². The number of nitriles is 1. The molecule has 0 radical (unpaired) electrons. The molecule has 1 saturated heterocycles. The molecular weight excluding hydrogens is 491 g/mol. The van der Waals surface area contributed by atoms with Crippen LogP contribution in [0.3, 0.4) is 0 Å². The molecule has 1 aliphatic carbocycles. The summed E-state index contributed by atoms with van der Waals surface area (Å²) in [5.74, 6) is -0.587. The van der Waals surface area contributed by atoms with E-state index in [-0.39, 0.29) is 6.42 Å². The van der Waals surface area contributed by atoms with Crippen LogP contribution >= 0.6 is 12.6 Å². The molecule has 0 amide bonds. The molecule has 1 fully saturated rings. The molecule has 3 heterocycles. The first kappa shape index (κ1) is 26.9. The zero-order valence-corrected chi connectivity index (χ0v) is 21.3. The van der Waals surface area contributed by atoms with Gasteiger partial charge in [-0.1, -0.05) is 12.2 Å². The molecule has 0 spiro atoms. The second-order valence-electron chi connectivity index (χ2n) is 9.88. The molecule has 0 saturated carbocycles. The third kappa shape index (κ3) is 5.43. The van der Waals surface area contributed by atoms with Gasteiger partial charge in [0.05, 0.1) is 36.0 Å². The smallest absolute Gasteiger partial charge is 0.413 e. The quantitative estimate of drug-likeness (QED) is 0.286. The topological polar surface area (TPSA) is 84.7 Å². The van der Waals surface area contributed by atoms with Gasteiger partial charge in [-0.05, 0) is 57.4 Å². The van der Waals surface area contributed by atoms with Gasteiger partial charge in [-0.15, -0.1) is 12.6 Å². The van der Waals surface area contributed by atoms with Gasteiger partial charge in [-0.25, -0.2) is 4.90 Å². The number of nitrogens with one attached hydrogen (secondary N) is 1. The maximum Gasteiger partial charge on any atom is 0.413 e. The van der Waals surface area contributed by atoms with Gasteiger partial charge in [-0.2, -0.15) is 18.4 Å². The largest absolute Gasteiger partial charge is 0.492 e. The first-order chi connectivity index (χ1) is 17.0. The van der Waals surface area contributed by atoms with E-state index in [9.17, 15) is 23.5 Å². The monoisotopic (exact) mass is 523 g/mol. The van der Waals surface area contributed by atoms with Crippen molar-refractivity contribution in [3.05, 3.63) is 41.7 Å². The number of pyridine rings is 1. The minimum absolute atomic E-state index is 0.0249. The van der Waals surface area contributed by atoms with E-state index >= 15 is 0 Å². The molecule has 0 bridgehead atoms. The Bertz CT molecular complexity index is 1040. The lowest BCUT2D eigenvalue weighted by molar-refractivity contribution is -0.0958. The van der Waals surface area contributed by atoms with Gasteiger partial charge in [0, 0.05) is 24.7 Å². The summed E-state index contributed by atoms with van der Waals surface area (Å²) < 4.78 is 46.0. The zero-order valence-electron chi connectivity index (χ0n) is 20.4. The van der Waals surface area contributed by atoms with Crippen molar-refractivity contribution in [3.8, 4) is 11.8 Å². The Labute approximate surface area is 215 Å². The van der Waals surface area contributed by atoms with E-state index in [2.05, 4.69) is 29.0 Å². The Morgan fingerprint density at radius 2 is 2.14 bits per heavy atom. The SMILES string of the molecule is CC1(C)C(O)N(C2C=C(C(F)(F)F)C(C#N)C2)C(S)N1CCCOc1ccc(C2=CCNCC2)nc1. The molecule has 3 aliphatic rings. The highest BCUT2D eigenvalue weighted by molar-refractivity contribution is 7.80. The molecule has 7 nitrogen and oxygen atoms in total. The Morgan fingerprint density at radius 3 is 2.72 bits per heavy atom. The van der Waals surface area contributed by atoms with Crippen molar-refractivity contribution in [2.45, 2.75) is 62.6 Å². The van der Waals surface area contributed by atoms with Crippen molar-refractivity contribution in [2.24, 2.45) is 5.92 Å². The maximum atomic E-state index is 13.4. The van der Waals surface area contributed by atoms with E-state index in [4.69, 9.17) is 4.74 Å². The number of halogens is 3. The Hall–Kier alpha value is -2.10. The lowest BCUT2D eigenvalue weighted by Crippen LogP contribution is -2.48. The lowest BCUT2D eigenvalue weighted by Gasteiger charge is -2.33. The maximum absolute atomic E-state index is 13.4. The number of allylic oxidation sites excluding steroid dienone is 1. The molecule has 1 aromatic heterocycles. The highest BCUT2D eigenvalue weighted by atomic mass is 32.1. The Kier molecular flexibility index (Phi) is 8.02. The molecule has 2 aliphatic heterocycles. The van der Waals surface area contributed by atoms with Crippen molar-refractivity contribution >= 4 is 18.2 Å². The number of aliphatic hydroxyl groups excluding tert-OH is 1. The number of hydrogen-bond acceptors (Lipinski definition) is 8. The van der Waals surface area contributed by atoms with Crippen LogP contribution in [0, 0.1) is 17.2 Å². The molecule has 2 N–H and O–H groups in total. The van der Waals surface area contributed by atoms with Crippen LogP contribution in [0.2, 0.25) is 0 Å². The summed E-state index contributed by atoms with van der Waals surface area (Å²) in [6.07, 6.45) is 0.837. The second-order valence-corrected chi connectivity index (χ2v) is 10.3. The van der Waals surface area contributed by atoms with E-state index in [1.807, 2.05) is 30.9 Å². The van der Waals surface area contributed by atoms with Gasteiger partial charge in [0.15, 0.2) is 0 Å². The molecule has 1 aromatic rings. The summed E-state index contributed by atoms with van der Waals surface area (Å²) in [5.41, 5.74) is -0.0383. The third-order valence-corrected chi connectivity index (χ3v) is 7.78. The average Bonchev–Trinajstić information content (AvgIpc) is 3.35. The van der Waals surface area contributed by atoms with Gasteiger partial charge in [0.25, 0.3) is 0 Å². The van der Waals surface area contributed by atoms with Crippen LogP contribution in [-0.4, -0.2) is 75.6 Å². The second kappa shape index (κ2) is 10.7. The molecular formula is C25H32F3N5O2S. The predicted molar refractivity (Wildman–Crippen MR) is 133 cm³/mol. The van der Waals surface area contributed by atoms with Gasteiger partial charge >= 0.3 is 6.18 Å².